The van der Waals surface area contributed by atoms with Gasteiger partial charge in [0.1, 0.15) is 5.56 Å². The summed E-state index contributed by atoms with van der Waals surface area (Å²) in [7, 11) is 1.45. The maximum Gasteiger partial charge on any atom is 0.311 e. The molecule has 1 unspecified atom stereocenters. The number of methoxy groups -OCH3 is 1. The topological polar surface area (TPSA) is 77.5 Å². The molecule has 1 atom stereocenters. The summed E-state index contributed by atoms with van der Waals surface area (Å²) in [6.45, 7) is 2.23. The van der Waals surface area contributed by atoms with Crippen LogP contribution in [0, 0.1) is 5.92 Å². The number of aromatic nitrogens is 1. The summed E-state index contributed by atoms with van der Waals surface area (Å²) in [6.07, 6.45) is 2.04. The van der Waals surface area contributed by atoms with E-state index in [1.54, 1.807) is 25.3 Å². The van der Waals surface area contributed by atoms with E-state index in [0.717, 1.165) is 5.56 Å². The predicted molar refractivity (Wildman–Crippen MR) is 93.4 cm³/mol. The fourth-order valence-electron chi connectivity index (χ4n) is 2.43. The van der Waals surface area contributed by atoms with E-state index in [0.29, 0.717) is 18.6 Å². The van der Waals surface area contributed by atoms with Crippen molar-refractivity contribution in [2.24, 2.45) is 5.92 Å². The Morgan fingerprint density at radius 3 is 2.60 bits per heavy atom. The number of rotatable bonds is 8. The lowest BCUT2D eigenvalue weighted by molar-refractivity contribution is -0.147. The zero-order valence-electron chi connectivity index (χ0n) is 14.4. The molecule has 0 aliphatic carbocycles. The first-order chi connectivity index (χ1) is 12.2. The number of hydrogen-bond acceptors (Lipinski definition) is 5. The number of ether oxygens (including phenoxy) is 2. The van der Waals surface area contributed by atoms with Gasteiger partial charge in [-0.1, -0.05) is 30.3 Å². The maximum absolute atomic E-state index is 12.4. The predicted octanol–water partition coefficient (Wildman–Crippen LogP) is 2.24. The molecule has 1 amide bonds. The molecule has 0 aliphatic heterocycles. The van der Waals surface area contributed by atoms with Gasteiger partial charge in [0.2, 0.25) is 5.88 Å². The van der Waals surface area contributed by atoms with Crippen molar-refractivity contribution < 1.29 is 19.1 Å². The molecule has 0 saturated heterocycles. The third-order valence-electron chi connectivity index (χ3n) is 3.66. The van der Waals surface area contributed by atoms with Crippen LogP contribution in [-0.4, -0.2) is 37.1 Å². The second kappa shape index (κ2) is 9.42. The van der Waals surface area contributed by atoms with Crippen LogP contribution in [0.1, 0.15) is 22.8 Å². The molecular formula is C19H22N2O4. The van der Waals surface area contributed by atoms with E-state index in [-0.39, 0.29) is 24.3 Å². The summed E-state index contributed by atoms with van der Waals surface area (Å²) in [4.78, 5) is 28.6. The highest BCUT2D eigenvalue weighted by Gasteiger charge is 2.22. The van der Waals surface area contributed by atoms with E-state index in [1.807, 2.05) is 30.3 Å². The van der Waals surface area contributed by atoms with Crippen molar-refractivity contribution in [3.63, 3.8) is 0 Å². The highest BCUT2D eigenvalue weighted by atomic mass is 16.5. The fourth-order valence-corrected chi connectivity index (χ4v) is 2.43. The zero-order chi connectivity index (χ0) is 18.1. The van der Waals surface area contributed by atoms with E-state index in [9.17, 15) is 9.59 Å². The van der Waals surface area contributed by atoms with Gasteiger partial charge in [0, 0.05) is 12.7 Å². The average molecular weight is 342 g/mol. The first kappa shape index (κ1) is 18.4. The molecule has 0 spiro atoms. The molecule has 6 heteroatoms. The van der Waals surface area contributed by atoms with E-state index in [2.05, 4.69) is 10.3 Å². The molecule has 1 heterocycles. The van der Waals surface area contributed by atoms with Crippen LogP contribution in [0.3, 0.4) is 0 Å². The summed E-state index contributed by atoms with van der Waals surface area (Å²) in [5.41, 5.74) is 1.33. The first-order valence-electron chi connectivity index (χ1n) is 8.13. The number of amides is 1. The van der Waals surface area contributed by atoms with Crippen LogP contribution in [0.2, 0.25) is 0 Å². The van der Waals surface area contributed by atoms with Crippen LogP contribution in [0.4, 0.5) is 0 Å². The van der Waals surface area contributed by atoms with E-state index < -0.39 is 5.92 Å². The van der Waals surface area contributed by atoms with Gasteiger partial charge in [-0.15, -0.1) is 0 Å². The van der Waals surface area contributed by atoms with Gasteiger partial charge in [0.15, 0.2) is 0 Å². The van der Waals surface area contributed by atoms with Gasteiger partial charge in [0.25, 0.3) is 5.91 Å². The molecule has 0 radical (unpaired) electrons. The normalized spacial score (nSPS) is 11.4. The highest BCUT2D eigenvalue weighted by molar-refractivity contribution is 5.96. The van der Waals surface area contributed by atoms with Crippen molar-refractivity contribution in [1.82, 2.24) is 10.3 Å². The Morgan fingerprint density at radius 2 is 1.92 bits per heavy atom. The third kappa shape index (κ3) is 5.31. The number of nitrogens with one attached hydrogen (secondary N) is 1. The molecule has 25 heavy (non-hydrogen) atoms. The van der Waals surface area contributed by atoms with Crippen molar-refractivity contribution >= 4 is 11.9 Å². The molecule has 1 N–H and O–H groups in total. The SMILES string of the molecule is CCOC(=O)C(CNC(=O)c1cccnc1OC)Cc1ccccc1. The van der Waals surface area contributed by atoms with Crippen LogP contribution in [0.25, 0.3) is 0 Å². The van der Waals surface area contributed by atoms with Crippen molar-refractivity contribution in [1.29, 1.82) is 0 Å². The Kier molecular flexibility index (Phi) is 6.95. The van der Waals surface area contributed by atoms with Gasteiger partial charge in [-0.25, -0.2) is 4.98 Å². The second-order valence-corrected chi connectivity index (χ2v) is 5.41. The fraction of sp³-hybridized carbons (Fsp3) is 0.316. The minimum absolute atomic E-state index is 0.171. The van der Waals surface area contributed by atoms with E-state index >= 15 is 0 Å². The second-order valence-electron chi connectivity index (χ2n) is 5.41. The number of esters is 1. The average Bonchev–Trinajstić information content (AvgIpc) is 2.65. The largest absolute Gasteiger partial charge is 0.480 e. The monoisotopic (exact) mass is 342 g/mol. The third-order valence-corrected chi connectivity index (χ3v) is 3.66. The number of hydrogen-bond donors (Lipinski definition) is 1. The molecule has 6 nitrogen and oxygen atoms in total. The zero-order valence-corrected chi connectivity index (χ0v) is 14.4. The van der Waals surface area contributed by atoms with E-state index in [1.165, 1.54) is 7.11 Å². The van der Waals surface area contributed by atoms with Crippen molar-refractivity contribution in [2.45, 2.75) is 13.3 Å². The lowest BCUT2D eigenvalue weighted by Crippen LogP contribution is -2.35. The van der Waals surface area contributed by atoms with E-state index in [4.69, 9.17) is 9.47 Å². The molecule has 1 aromatic heterocycles. The lowest BCUT2D eigenvalue weighted by atomic mass is 9.99. The summed E-state index contributed by atoms with van der Waals surface area (Å²) in [5.74, 6) is -0.887. The molecular weight excluding hydrogens is 320 g/mol. The summed E-state index contributed by atoms with van der Waals surface area (Å²) in [5, 5.41) is 2.77. The Labute approximate surface area is 147 Å². The van der Waals surface area contributed by atoms with Crippen molar-refractivity contribution in [2.75, 3.05) is 20.3 Å². The highest BCUT2D eigenvalue weighted by Crippen LogP contribution is 2.14. The minimum Gasteiger partial charge on any atom is -0.480 e. The summed E-state index contributed by atoms with van der Waals surface area (Å²) in [6, 6.07) is 12.9. The van der Waals surface area contributed by atoms with Gasteiger partial charge >= 0.3 is 5.97 Å². The molecule has 1 aromatic carbocycles. The molecule has 132 valence electrons. The summed E-state index contributed by atoms with van der Waals surface area (Å²) < 4.78 is 10.2. The standard InChI is InChI=1S/C19H22N2O4/c1-3-25-19(23)15(12-14-8-5-4-6-9-14)13-21-17(22)16-10-7-11-20-18(16)24-2/h4-11,15H,3,12-13H2,1-2H3,(H,21,22). The lowest BCUT2D eigenvalue weighted by Gasteiger charge is -2.17. The van der Waals surface area contributed by atoms with Gasteiger partial charge in [-0.2, -0.15) is 0 Å². The Balaban J connectivity index is 2.06. The smallest absolute Gasteiger partial charge is 0.311 e. The minimum atomic E-state index is -0.464. The Hall–Kier alpha value is -2.89. The number of carbonyl (C=O) groups excluding carboxylic acids is 2. The van der Waals surface area contributed by atoms with Crippen LogP contribution < -0.4 is 10.1 Å². The molecule has 0 fully saturated rings. The number of carbonyl (C=O) groups is 2. The van der Waals surface area contributed by atoms with Crippen LogP contribution in [0.15, 0.2) is 48.7 Å². The molecule has 2 rings (SSSR count). The van der Waals surface area contributed by atoms with Crippen molar-refractivity contribution in [3.8, 4) is 5.88 Å². The quantitative estimate of drug-likeness (QED) is 0.745. The summed E-state index contributed by atoms with van der Waals surface area (Å²) >= 11 is 0. The number of benzene rings is 1. The van der Waals surface area contributed by atoms with Crippen molar-refractivity contribution in [3.05, 3.63) is 59.8 Å². The Morgan fingerprint density at radius 1 is 1.16 bits per heavy atom. The van der Waals surface area contributed by atoms with Crippen LogP contribution >= 0.6 is 0 Å². The molecule has 2 aromatic rings. The first-order valence-corrected chi connectivity index (χ1v) is 8.13. The molecule has 0 bridgehead atoms. The van der Waals surface area contributed by atoms with Gasteiger partial charge in [0.05, 0.1) is 19.6 Å². The molecule has 0 saturated carbocycles. The maximum atomic E-state index is 12.4. The number of nitrogens with zero attached hydrogens (tertiary/aromatic N) is 1. The van der Waals surface area contributed by atoms with Crippen LogP contribution in [-0.2, 0) is 16.0 Å². The van der Waals surface area contributed by atoms with Gasteiger partial charge in [-0.3, -0.25) is 9.59 Å². The van der Waals surface area contributed by atoms with Crippen LogP contribution in [0.5, 0.6) is 5.88 Å². The molecule has 0 aliphatic rings. The van der Waals surface area contributed by atoms with Gasteiger partial charge in [-0.05, 0) is 31.0 Å². The number of pyridine rings is 1. The van der Waals surface area contributed by atoms with Gasteiger partial charge < -0.3 is 14.8 Å². The Bertz CT molecular complexity index is 704.